The molecule has 0 bridgehead atoms. The van der Waals surface area contributed by atoms with Crippen molar-refractivity contribution >= 4 is 23.8 Å². The summed E-state index contributed by atoms with van der Waals surface area (Å²) >= 11 is 0. The summed E-state index contributed by atoms with van der Waals surface area (Å²) < 4.78 is 16.3. The summed E-state index contributed by atoms with van der Waals surface area (Å²) in [6.07, 6.45) is 3.17. The molecule has 3 aromatic rings. The van der Waals surface area contributed by atoms with E-state index in [1.807, 2.05) is 36.4 Å². The van der Waals surface area contributed by atoms with Crippen LogP contribution in [0, 0.1) is 0 Å². The zero-order valence-electron chi connectivity index (χ0n) is 14.6. The first kappa shape index (κ1) is 18.6. The SMILES string of the molecule is COc1c(NCc2ccc3c(c2)OCO3)ccc(-c2ccncn2)c1N.Cl. The standard InChI is InChI=1S/C19H18N4O3.ClH/c1-24-19-15(4-3-13(18(19)20)14-6-7-21-10-23-14)22-9-12-2-5-16-17(8-12)26-11-25-16;/h2-8,10,22H,9,11,20H2,1H3;1H. The number of rotatable bonds is 5. The summed E-state index contributed by atoms with van der Waals surface area (Å²) in [5.74, 6) is 2.11. The van der Waals surface area contributed by atoms with Gasteiger partial charge in [0.15, 0.2) is 17.2 Å². The quantitative estimate of drug-likeness (QED) is 0.648. The van der Waals surface area contributed by atoms with Crippen LogP contribution in [-0.4, -0.2) is 23.9 Å². The number of fused-ring (bicyclic) bond motifs is 1. The Bertz CT molecular complexity index is 938. The molecule has 7 nitrogen and oxygen atoms in total. The Hall–Kier alpha value is -3.19. The Morgan fingerprint density at radius 3 is 2.78 bits per heavy atom. The van der Waals surface area contributed by atoms with Crippen molar-refractivity contribution in [3.05, 3.63) is 54.5 Å². The van der Waals surface area contributed by atoms with Gasteiger partial charge in [-0.15, -0.1) is 12.4 Å². The molecule has 0 saturated heterocycles. The lowest BCUT2D eigenvalue weighted by atomic mass is 10.1. The van der Waals surface area contributed by atoms with Gasteiger partial charge in [0.2, 0.25) is 6.79 Å². The third-order valence-corrected chi connectivity index (χ3v) is 4.18. The van der Waals surface area contributed by atoms with Crippen molar-refractivity contribution in [3.8, 4) is 28.5 Å². The number of aromatic nitrogens is 2. The largest absolute Gasteiger partial charge is 0.492 e. The van der Waals surface area contributed by atoms with Crippen LogP contribution in [0.3, 0.4) is 0 Å². The Morgan fingerprint density at radius 2 is 2.00 bits per heavy atom. The van der Waals surface area contributed by atoms with E-state index in [2.05, 4.69) is 15.3 Å². The van der Waals surface area contributed by atoms with Gasteiger partial charge in [0.05, 0.1) is 24.2 Å². The smallest absolute Gasteiger partial charge is 0.231 e. The molecule has 0 radical (unpaired) electrons. The molecule has 1 aliphatic heterocycles. The van der Waals surface area contributed by atoms with Gasteiger partial charge in [0.1, 0.15) is 6.33 Å². The van der Waals surface area contributed by atoms with Crippen LogP contribution in [0.2, 0.25) is 0 Å². The summed E-state index contributed by atoms with van der Waals surface area (Å²) in [6, 6.07) is 11.5. The number of nitrogen functional groups attached to an aromatic ring is 1. The van der Waals surface area contributed by atoms with E-state index in [0.29, 0.717) is 18.0 Å². The molecule has 1 aliphatic rings. The van der Waals surface area contributed by atoms with Crippen molar-refractivity contribution in [2.75, 3.05) is 25.0 Å². The van der Waals surface area contributed by atoms with E-state index in [-0.39, 0.29) is 19.2 Å². The molecule has 2 aromatic carbocycles. The maximum atomic E-state index is 6.31. The third kappa shape index (κ3) is 3.68. The second-order valence-electron chi connectivity index (χ2n) is 5.74. The molecule has 2 heterocycles. The minimum absolute atomic E-state index is 0. The van der Waals surface area contributed by atoms with E-state index in [1.165, 1.54) is 6.33 Å². The van der Waals surface area contributed by atoms with Gasteiger partial charge in [-0.25, -0.2) is 9.97 Å². The molecule has 3 N–H and O–H groups in total. The second-order valence-corrected chi connectivity index (χ2v) is 5.74. The second kappa shape index (κ2) is 8.01. The Labute approximate surface area is 162 Å². The van der Waals surface area contributed by atoms with Gasteiger partial charge in [0, 0.05) is 18.3 Å². The minimum Gasteiger partial charge on any atom is -0.492 e. The van der Waals surface area contributed by atoms with E-state index < -0.39 is 0 Å². The average Bonchev–Trinajstić information content (AvgIpc) is 3.15. The molecule has 0 unspecified atom stereocenters. The van der Waals surface area contributed by atoms with Crippen molar-refractivity contribution in [2.45, 2.75) is 6.54 Å². The van der Waals surface area contributed by atoms with E-state index in [9.17, 15) is 0 Å². The van der Waals surface area contributed by atoms with Crippen molar-refractivity contribution in [3.63, 3.8) is 0 Å². The number of nitrogens with zero attached hydrogens (tertiary/aromatic N) is 2. The lowest BCUT2D eigenvalue weighted by Gasteiger charge is -2.16. The molecule has 0 saturated carbocycles. The number of ether oxygens (including phenoxy) is 3. The summed E-state index contributed by atoms with van der Waals surface area (Å²) in [6.45, 7) is 0.861. The van der Waals surface area contributed by atoms with Gasteiger partial charge < -0.3 is 25.3 Å². The number of halogens is 1. The topological polar surface area (TPSA) is 91.5 Å². The van der Waals surface area contributed by atoms with Crippen molar-refractivity contribution < 1.29 is 14.2 Å². The van der Waals surface area contributed by atoms with Gasteiger partial charge >= 0.3 is 0 Å². The molecule has 1 aromatic heterocycles. The molecule has 0 atom stereocenters. The fourth-order valence-corrected chi connectivity index (χ4v) is 2.88. The highest BCUT2D eigenvalue weighted by Crippen LogP contribution is 2.39. The highest BCUT2D eigenvalue weighted by Gasteiger charge is 2.15. The number of hydrogen-bond acceptors (Lipinski definition) is 7. The molecule has 4 rings (SSSR count). The van der Waals surface area contributed by atoms with E-state index >= 15 is 0 Å². The fourth-order valence-electron chi connectivity index (χ4n) is 2.88. The van der Waals surface area contributed by atoms with Gasteiger partial charge in [-0.05, 0) is 35.9 Å². The van der Waals surface area contributed by atoms with Gasteiger partial charge in [-0.1, -0.05) is 6.07 Å². The first-order chi connectivity index (χ1) is 12.8. The Kier molecular flexibility index (Phi) is 5.52. The van der Waals surface area contributed by atoms with Crippen molar-refractivity contribution in [1.82, 2.24) is 9.97 Å². The molecule has 0 spiro atoms. The Morgan fingerprint density at radius 1 is 1.15 bits per heavy atom. The van der Waals surface area contributed by atoms with E-state index in [4.69, 9.17) is 19.9 Å². The minimum atomic E-state index is 0. The number of benzene rings is 2. The van der Waals surface area contributed by atoms with Crippen LogP contribution in [0.1, 0.15) is 5.56 Å². The first-order valence-corrected chi connectivity index (χ1v) is 8.11. The predicted octanol–water partition coefficient (Wildman–Crippen LogP) is 3.50. The van der Waals surface area contributed by atoms with Crippen LogP contribution >= 0.6 is 12.4 Å². The van der Waals surface area contributed by atoms with Crippen LogP contribution in [0.4, 0.5) is 11.4 Å². The number of anilines is 2. The molecule has 8 heteroatoms. The molecule has 0 aliphatic carbocycles. The van der Waals surface area contributed by atoms with E-state index in [0.717, 1.165) is 34.0 Å². The number of methoxy groups -OCH3 is 1. The summed E-state index contributed by atoms with van der Waals surface area (Å²) in [5, 5.41) is 3.36. The maximum absolute atomic E-state index is 6.31. The number of hydrogen-bond donors (Lipinski definition) is 2. The zero-order valence-corrected chi connectivity index (χ0v) is 15.5. The fraction of sp³-hybridized carbons (Fsp3) is 0.158. The zero-order chi connectivity index (χ0) is 17.9. The highest BCUT2D eigenvalue weighted by atomic mass is 35.5. The van der Waals surface area contributed by atoms with Crippen LogP contribution in [0.15, 0.2) is 48.9 Å². The monoisotopic (exact) mass is 386 g/mol. The average molecular weight is 387 g/mol. The normalized spacial score (nSPS) is 11.6. The molecule has 140 valence electrons. The van der Waals surface area contributed by atoms with Gasteiger partial charge in [-0.3, -0.25) is 0 Å². The summed E-state index contributed by atoms with van der Waals surface area (Å²) in [7, 11) is 1.60. The van der Waals surface area contributed by atoms with Crippen LogP contribution in [0.5, 0.6) is 17.2 Å². The van der Waals surface area contributed by atoms with Crippen LogP contribution in [0.25, 0.3) is 11.3 Å². The molecule has 0 amide bonds. The van der Waals surface area contributed by atoms with Gasteiger partial charge in [-0.2, -0.15) is 0 Å². The predicted molar refractivity (Wildman–Crippen MR) is 106 cm³/mol. The number of nitrogens with one attached hydrogen (secondary N) is 1. The van der Waals surface area contributed by atoms with Crippen molar-refractivity contribution in [1.29, 1.82) is 0 Å². The third-order valence-electron chi connectivity index (χ3n) is 4.18. The maximum Gasteiger partial charge on any atom is 0.231 e. The van der Waals surface area contributed by atoms with Crippen LogP contribution < -0.4 is 25.3 Å². The van der Waals surface area contributed by atoms with Gasteiger partial charge in [0.25, 0.3) is 0 Å². The summed E-state index contributed by atoms with van der Waals surface area (Å²) in [4.78, 5) is 8.18. The Balaban J connectivity index is 0.00000210. The van der Waals surface area contributed by atoms with Crippen molar-refractivity contribution in [2.24, 2.45) is 0 Å². The summed E-state index contributed by atoms with van der Waals surface area (Å²) in [5.41, 5.74) is 10.3. The van der Waals surface area contributed by atoms with E-state index in [1.54, 1.807) is 13.3 Å². The molecule has 27 heavy (non-hydrogen) atoms. The lowest BCUT2D eigenvalue weighted by Crippen LogP contribution is -2.04. The molecular weight excluding hydrogens is 368 g/mol. The molecule has 0 fully saturated rings. The highest BCUT2D eigenvalue weighted by molar-refractivity contribution is 5.85. The van der Waals surface area contributed by atoms with Crippen LogP contribution in [-0.2, 0) is 6.54 Å². The lowest BCUT2D eigenvalue weighted by molar-refractivity contribution is 0.174. The molecular formula is C19H19ClN4O3. The number of nitrogens with two attached hydrogens (primary N) is 1. The first-order valence-electron chi connectivity index (χ1n) is 8.11.